The molecule has 1 N–H and O–H groups in total. The highest BCUT2D eigenvalue weighted by atomic mass is 35.5. The summed E-state index contributed by atoms with van der Waals surface area (Å²) >= 11 is 6.29. The molecular formula is C25H27ClN2O2. The number of nitrogens with zero attached hydrogens (tertiary/aromatic N) is 1. The number of aromatic nitrogens is 1. The molecule has 1 aliphatic heterocycles. The molecule has 2 aliphatic rings. The van der Waals surface area contributed by atoms with Crippen molar-refractivity contribution in [2.45, 2.75) is 58.1 Å². The minimum atomic E-state index is -0.534. The number of hydrogen-bond donors (Lipinski definition) is 1. The van der Waals surface area contributed by atoms with Crippen molar-refractivity contribution in [1.29, 1.82) is 0 Å². The second-order valence-electron chi connectivity index (χ2n) is 9.42. The van der Waals surface area contributed by atoms with E-state index in [-0.39, 0.29) is 12.1 Å². The number of rotatable bonds is 1. The number of benzene rings is 2. The molecule has 0 fully saturated rings. The Morgan fingerprint density at radius 2 is 1.90 bits per heavy atom. The van der Waals surface area contributed by atoms with Crippen molar-refractivity contribution in [3.05, 3.63) is 69.4 Å². The van der Waals surface area contributed by atoms with Crippen molar-refractivity contribution in [2.75, 3.05) is 6.54 Å². The van der Waals surface area contributed by atoms with Gasteiger partial charge in [0.15, 0.2) is 0 Å². The van der Waals surface area contributed by atoms with Gasteiger partial charge in [0, 0.05) is 28.2 Å². The lowest BCUT2D eigenvalue weighted by atomic mass is 9.91. The molecule has 3 aromatic rings. The summed E-state index contributed by atoms with van der Waals surface area (Å²) in [5.41, 5.74) is 6.82. The molecule has 5 heteroatoms. The molecule has 0 saturated heterocycles. The zero-order valence-corrected chi connectivity index (χ0v) is 18.5. The highest BCUT2D eigenvalue weighted by molar-refractivity contribution is 6.31. The third-order valence-corrected chi connectivity index (χ3v) is 6.39. The molecule has 30 heavy (non-hydrogen) atoms. The van der Waals surface area contributed by atoms with Gasteiger partial charge in [-0.2, -0.15) is 0 Å². The first kappa shape index (κ1) is 19.5. The summed E-state index contributed by atoms with van der Waals surface area (Å²) in [5.74, 6) is 0. The van der Waals surface area contributed by atoms with Gasteiger partial charge in [-0.25, -0.2) is 4.79 Å². The monoisotopic (exact) mass is 422 g/mol. The molecule has 0 radical (unpaired) electrons. The average Bonchev–Trinajstić information content (AvgIpc) is 3.29. The maximum absolute atomic E-state index is 13.2. The summed E-state index contributed by atoms with van der Waals surface area (Å²) in [7, 11) is 0. The molecule has 1 aliphatic carbocycles. The number of fused-ring (bicyclic) bond motifs is 4. The third kappa shape index (κ3) is 3.37. The van der Waals surface area contributed by atoms with Crippen LogP contribution >= 0.6 is 11.6 Å². The summed E-state index contributed by atoms with van der Waals surface area (Å²) in [6.45, 7) is 6.35. The number of aromatic amines is 1. The van der Waals surface area contributed by atoms with Crippen molar-refractivity contribution >= 4 is 28.6 Å². The van der Waals surface area contributed by atoms with Gasteiger partial charge in [0.1, 0.15) is 11.6 Å². The fourth-order valence-electron chi connectivity index (χ4n) is 4.89. The van der Waals surface area contributed by atoms with E-state index in [9.17, 15) is 4.79 Å². The van der Waals surface area contributed by atoms with Crippen LogP contribution in [0.2, 0.25) is 5.02 Å². The minimum Gasteiger partial charge on any atom is -0.444 e. The lowest BCUT2D eigenvalue weighted by molar-refractivity contribution is 0.0175. The van der Waals surface area contributed by atoms with E-state index in [1.807, 2.05) is 43.9 Å². The van der Waals surface area contributed by atoms with Crippen molar-refractivity contribution in [3.63, 3.8) is 0 Å². The van der Waals surface area contributed by atoms with Crippen LogP contribution in [0.1, 0.15) is 61.2 Å². The van der Waals surface area contributed by atoms with Crippen LogP contribution in [0.15, 0.2) is 36.4 Å². The number of aryl methyl sites for hydroxylation is 2. The highest BCUT2D eigenvalue weighted by Crippen LogP contribution is 2.40. The fourth-order valence-corrected chi connectivity index (χ4v) is 5.06. The molecule has 156 valence electrons. The van der Waals surface area contributed by atoms with Gasteiger partial charge < -0.3 is 9.72 Å². The largest absolute Gasteiger partial charge is 0.444 e. The molecule has 0 bridgehead atoms. The first-order chi connectivity index (χ1) is 14.3. The molecule has 0 saturated carbocycles. The maximum Gasteiger partial charge on any atom is 0.411 e. The standard InChI is InChI=1S/C25H27ClN2O2/c1-25(2,3)30-24(29)28-12-11-19-20-14-18(26)9-10-21(20)27-22(19)23(28)17-8-7-15-5-4-6-16(15)13-17/h7-10,13-14,23,27H,4-6,11-12H2,1-3H3. The lowest BCUT2D eigenvalue weighted by Gasteiger charge is -2.37. The van der Waals surface area contributed by atoms with Crippen LogP contribution in [-0.2, 0) is 24.0 Å². The van der Waals surface area contributed by atoms with Gasteiger partial charge in [-0.15, -0.1) is 0 Å². The molecule has 1 unspecified atom stereocenters. The van der Waals surface area contributed by atoms with Crippen LogP contribution < -0.4 is 0 Å². The van der Waals surface area contributed by atoms with E-state index in [2.05, 4.69) is 23.2 Å². The number of H-pyrrole nitrogens is 1. The summed E-state index contributed by atoms with van der Waals surface area (Å²) in [5, 5.41) is 1.88. The Morgan fingerprint density at radius 3 is 2.70 bits per heavy atom. The lowest BCUT2D eigenvalue weighted by Crippen LogP contribution is -2.43. The number of hydrogen-bond acceptors (Lipinski definition) is 2. The second-order valence-corrected chi connectivity index (χ2v) is 9.85. The van der Waals surface area contributed by atoms with E-state index in [4.69, 9.17) is 16.3 Å². The molecule has 5 rings (SSSR count). The van der Waals surface area contributed by atoms with Crippen LogP contribution in [0, 0.1) is 0 Å². The molecule has 4 nitrogen and oxygen atoms in total. The predicted molar refractivity (Wildman–Crippen MR) is 120 cm³/mol. The van der Waals surface area contributed by atoms with Crippen molar-refractivity contribution in [1.82, 2.24) is 9.88 Å². The van der Waals surface area contributed by atoms with E-state index < -0.39 is 5.60 Å². The predicted octanol–water partition coefficient (Wildman–Crippen LogP) is 6.19. The number of amides is 1. The Labute approximate surface area is 182 Å². The number of nitrogens with one attached hydrogen (secondary N) is 1. The minimum absolute atomic E-state index is 0.194. The molecule has 1 atom stereocenters. The van der Waals surface area contributed by atoms with Crippen LogP contribution in [0.3, 0.4) is 0 Å². The topological polar surface area (TPSA) is 45.3 Å². The Kier molecular flexibility index (Phi) is 4.59. The second kappa shape index (κ2) is 7.05. The van der Waals surface area contributed by atoms with Crippen LogP contribution in [0.4, 0.5) is 4.79 Å². The summed E-state index contributed by atoms with van der Waals surface area (Å²) in [4.78, 5) is 18.7. The zero-order valence-electron chi connectivity index (χ0n) is 17.7. The van der Waals surface area contributed by atoms with Crippen LogP contribution in [0.5, 0.6) is 0 Å². The van der Waals surface area contributed by atoms with Crippen molar-refractivity contribution in [2.24, 2.45) is 0 Å². The quantitative estimate of drug-likeness (QED) is 0.508. The van der Waals surface area contributed by atoms with E-state index >= 15 is 0 Å². The summed E-state index contributed by atoms with van der Waals surface area (Å²) in [6.07, 6.45) is 3.96. The van der Waals surface area contributed by atoms with Gasteiger partial charge in [0.05, 0.1) is 0 Å². The van der Waals surface area contributed by atoms with E-state index in [1.165, 1.54) is 23.1 Å². The van der Waals surface area contributed by atoms with Crippen molar-refractivity contribution in [3.8, 4) is 0 Å². The van der Waals surface area contributed by atoms with E-state index in [0.717, 1.165) is 46.4 Å². The normalized spacial score (nSPS) is 18.4. The van der Waals surface area contributed by atoms with Gasteiger partial charge >= 0.3 is 6.09 Å². The number of ether oxygens (including phenoxy) is 1. The molecule has 2 heterocycles. The number of carbonyl (C=O) groups is 1. The highest BCUT2D eigenvalue weighted by Gasteiger charge is 2.37. The van der Waals surface area contributed by atoms with Crippen LogP contribution in [-0.4, -0.2) is 28.1 Å². The molecule has 2 aromatic carbocycles. The Bertz CT molecular complexity index is 1140. The Balaban J connectivity index is 1.65. The smallest absolute Gasteiger partial charge is 0.411 e. The van der Waals surface area contributed by atoms with E-state index in [1.54, 1.807) is 0 Å². The maximum atomic E-state index is 13.2. The molecular weight excluding hydrogens is 396 g/mol. The van der Waals surface area contributed by atoms with Gasteiger partial charge in [-0.3, -0.25) is 4.90 Å². The number of halogens is 1. The van der Waals surface area contributed by atoms with Gasteiger partial charge in [0.25, 0.3) is 0 Å². The Hall–Kier alpha value is -2.46. The zero-order chi connectivity index (χ0) is 21.0. The van der Waals surface area contributed by atoms with Crippen molar-refractivity contribution < 1.29 is 9.53 Å². The SMILES string of the molecule is CC(C)(C)OC(=O)N1CCc2c([nH]c3ccc(Cl)cc23)C1c1ccc2c(c1)CCC2. The average molecular weight is 423 g/mol. The fraction of sp³-hybridized carbons (Fsp3) is 0.400. The molecule has 1 aromatic heterocycles. The third-order valence-electron chi connectivity index (χ3n) is 6.16. The molecule has 1 amide bonds. The van der Waals surface area contributed by atoms with E-state index in [0.29, 0.717) is 6.54 Å². The summed E-state index contributed by atoms with van der Waals surface area (Å²) in [6, 6.07) is 12.5. The van der Waals surface area contributed by atoms with Gasteiger partial charge in [0.2, 0.25) is 0 Å². The number of carbonyl (C=O) groups excluding carboxylic acids is 1. The molecule has 0 spiro atoms. The Morgan fingerprint density at radius 1 is 1.10 bits per heavy atom. The first-order valence-electron chi connectivity index (χ1n) is 10.7. The summed E-state index contributed by atoms with van der Waals surface area (Å²) < 4.78 is 5.78. The van der Waals surface area contributed by atoms with Gasteiger partial charge in [-0.1, -0.05) is 29.8 Å². The van der Waals surface area contributed by atoms with Gasteiger partial charge in [-0.05, 0) is 86.9 Å². The first-order valence-corrected chi connectivity index (χ1v) is 11.1. The van der Waals surface area contributed by atoms with Crippen LogP contribution in [0.25, 0.3) is 10.9 Å².